The van der Waals surface area contributed by atoms with Crippen LogP contribution in [0.2, 0.25) is 0 Å². The van der Waals surface area contributed by atoms with Crippen LogP contribution in [0.15, 0.2) is 16.1 Å². The number of phosphoric acid groups is 3. The molecule has 2 rings (SSSR count). The summed E-state index contributed by atoms with van der Waals surface area (Å²) in [7, 11) is -17.4. The number of ether oxygens (including phenoxy) is 1. The highest BCUT2D eigenvalue weighted by atomic mass is 32.1. The molecule has 1 aromatic heterocycles. The van der Waals surface area contributed by atoms with Crippen LogP contribution >= 0.6 is 35.7 Å². The predicted molar refractivity (Wildman–Crippen MR) is 98.6 cm³/mol. The largest absolute Gasteiger partial charge is 0.490 e. The third-order valence-corrected chi connectivity index (χ3v) is 7.70. The van der Waals surface area contributed by atoms with E-state index < -0.39 is 70.5 Å². The monoisotopic (exact) mass is 561 g/mol. The fraction of sp³-hybridized carbons (Fsp3) is 0.556. The van der Waals surface area contributed by atoms with Gasteiger partial charge in [-0.1, -0.05) is 17.3 Å². The first-order chi connectivity index (χ1) is 14.9. The lowest BCUT2D eigenvalue weighted by Crippen LogP contribution is -2.44. The molecule has 0 saturated carbocycles. The molecule has 3 unspecified atom stereocenters. The third-order valence-electron chi connectivity index (χ3n) is 3.62. The van der Waals surface area contributed by atoms with Gasteiger partial charge in [0.25, 0.3) is 0 Å². The molecule has 1 aliphatic heterocycles. The van der Waals surface area contributed by atoms with Gasteiger partial charge in [-0.15, -0.1) is 0 Å². The summed E-state index contributed by atoms with van der Waals surface area (Å²) in [5, 5.41) is 13.1. The van der Waals surface area contributed by atoms with E-state index in [0.29, 0.717) is 6.20 Å². The van der Waals surface area contributed by atoms with Crippen molar-refractivity contribution in [2.75, 3.05) is 6.61 Å². The van der Waals surface area contributed by atoms with Gasteiger partial charge in [0.2, 0.25) is 5.72 Å². The minimum absolute atomic E-state index is 0.235. The molecule has 2 heterocycles. The molecule has 6 N–H and O–H groups in total. The number of hydrogen-bond donors (Lipinski definition) is 6. The fourth-order valence-electron chi connectivity index (χ4n) is 2.39. The first-order valence-electron chi connectivity index (χ1n) is 7.77. The van der Waals surface area contributed by atoms with Crippen molar-refractivity contribution in [2.24, 2.45) is 5.11 Å². The summed E-state index contributed by atoms with van der Waals surface area (Å²) in [5.41, 5.74) is 4.55. The number of rotatable bonds is 9. The number of azide groups is 1. The number of nitrogens with zero attached hydrogens (tertiary/aromatic N) is 4. The summed E-state index contributed by atoms with van der Waals surface area (Å²) < 4.78 is 77.9. The number of hydrogen-bond acceptors (Lipinski definition) is 11. The summed E-state index contributed by atoms with van der Waals surface area (Å²) in [6.07, 6.45) is -7.01. The number of H-pyrrole nitrogens is 1. The van der Waals surface area contributed by atoms with E-state index in [2.05, 4.69) is 35.4 Å². The van der Waals surface area contributed by atoms with Gasteiger partial charge in [-0.25, -0.2) is 27.3 Å². The zero-order valence-corrected chi connectivity index (χ0v) is 18.8. The van der Waals surface area contributed by atoms with Crippen LogP contribution < -0.4 is 5.69 Å². The van der Waals surface area contributed by atoms with Crippen molar-refractivity contribution < 1.29 is 65.0 Å². The maximum atomic E-state index is 14.7. The van der Waals surface area contributed by atoms with Gasteiger partial charge in [0, 0.05) is 4.91 Å². The van der Waals surface area contributed by atoms with Crippen LogP contribution in [-0.2, 0) is 31.6 Å². The normalized spacial score (nSPS) is 29.1. The summed E-state index contributed by atoms with van der Waals surface area (Å²) >= 11 is 4.48. The molecule has 0 bridgehead atoms. The van der Waals surface area contributed by atoms with E-state index in [1.807, 2.05) is 4.98 Å². The van der Waals surface area contributed by atoms with Crippen LogP contribution in [0.1, 0.15) is 6.23 Å². The summed E-state index contributed by atoms with van der Waals surface area (Å²) in [6, 6.07) is 0. The van der Waals surface area contributed by atoms with Gasteiger partial charge in [0.05, 0.1) is 12.8 Å². The second-order valence-electron chi connectivity index (χ2n) is 5.94. The number of aromatic nitrogens is 2. The molecule has 6 atom stereocenters. The number of aliphatic hydroxyl groups is 1. The SMILES string of the molecule is [N-]=[N+]=N[C@]1(COP(=O)(O)OP(=O)(O)OP(=O)(O)O)O[C@@H](n2cc(F)c(=S)[nH]c2=O)[C@@H](F)C1O. The Hall–Kier alpha value is -1.40. The zero-order valence-electron chi connectivity index (χ0n) is 15.3. The maximum absolute atomic E-state index is 14.7. The number of alkyl halides is 1. The highest BCUT2D eigenvalue weighted by molar-refractivity contribution is 7.71. The second kappa shape index (κ2) is 9.69. The molecule has 0 radical (unpaired) electrons. The Morgan fingerprint density at radius 2 is 1.91 bits per heavy atom. The first-order valence-corrected chi connectivity index (χ1v) is 12.7. The van der Waals surface area contributed by atoms with Crippen LogP contribution in [0.5, 0.6) is 0 Å². The molecule has 0 amide bonds. The molecule has 0 aromatic carbocycles. The summed E-state index contributed by atoms with van der Waals surface area (Å²) in [5.74, 6) is -1.22. The van der Waals surface area contributed by atoms with Crippen molar-refractivity contribution in [1.82, 2.24) is 9.55 Å². The standard InChI is InChI=1S/C9H12F2N5O13P3S/c10-3-1-16(8(18)13-6(3)33)7-4(11)5(17)9(27-7,14-15-12)2-26-31(22,23)29-32(24,25)28-30(19,20)21/h1,4-5,7,17H,2H2,(H,22,23)(H,24,25)(H,13,18,33)(H2,19,20,21)/t4-,5?,7+,9+/m0/s1. The van der Waals surface area contributed by atoms with E-state index in [4.69, 9.17) is 24.9 Å². The lowest BCUT2D eigenvalue weighted by atomic mass is 10.1. The quantitative estimate of drug-likeness (QED) is 0.0793. The lowest BCUT2D eigenvalue weighted by Gasteiger charge is -2.27. The Morgan fingerprint density at radius 1 is 1.30 bits per heavy atom. The van der Waals surface area contributed by atoms with E-state index in [1.165, 1.54) is 0 Å². The molecule has 1 aromatic rings. The van der Waals surface area contributed by atoms with Crippen molar-refractivity contribution in [3.63, 3.8) is 0 Å². The number of aliphatic hydroxyl groups excluding tert-OH is 1. The summed E-state index contributed by atoms with van der Waals surface area (Å²) in [4.78, 5) is 51.6. The number of aromatic amines is 1. The highest BCUT2D eigenvalue weighted by Crippen LogP contribution is 2.66. The molecule has 1 saturated heterocycles. The Kier molecular flexibility index (Phi) is 8.18. The molecule has 1 aliphatic rings. The smallest absolute Gasteiger partial charge is 0.387 e. The Balaban J connectivity index is 2.32. The Morgan fingerprint density at radius 3 is 2.45 bits per heavy atom. The zero-order chi connectivity index (χ0) is 25.4. The Bertz CT molecular complexity index is 1230. The van der Waals surface area contributed by atoms with Gasteiger partial charge < -0.3 is 29.4 Å². The third kappa shape index (κ3) is 6.82. The van der Waals surface area contributed by atoms with Gasteiger partial charge in [-0.05, 0) is 5.53 Å². The van der Waals surface area contributed by atoms with E-state index in [9.17, 15) is 37.3 Å². The van der Waals surface area contributed by atoms with Gasteiger partial charge in [0.15, 0.2) is 18.2 Å². The molecule has 18 nitrogen and oxygen atoms in total. The number of nitrogens with one attached hydrogen (secondary N) is 1. The summed E-state index contributed by atoms with van der Waals surface area (Å²) in [6.45, 7) is -1.60. The second-order valence-corrected chi connectivity index (χ2v) is 10.8. The fourth-order valence-corrected chi connectivity index (χ4v) is 5.58. The van der Waals surface area contributed by atoms with Crippen LogP contribution in [-0.4, -0.2) is 58.8 Å². The predicted octanol–water partition coefficient (Wildman–Crippen LogP) is 0.623. The molecule has 33 heavy (non-hydrogen) atoms. The van der Waals surface area contributed by atoms with Crippen molar-refractivity contribution in [3.05, 3.63) is 37.6 Å². The van der Waals surface area contributed by atoms with Gasteiger partial charge in [-0.3, -0.25) is 14.1 Å². The molecule has 24 heteroatoms. The average molecular weight is 561 g/mol. The van der Waals surface area contributed by atoms with Crippen LogP contribution in [0.25, 0.3) is 10.4 Å². The van der Waals surface area contributed by atoms with E-state index >= 15 is 0 Å². The molecule has 0 spiro atoms. The lowest BCUT2D eigenvalue weighted by molar-refractivity contribution is -0.122. The molecular formula is C9H12F2N5O13P3S. The number of halogens is 2. The van der Waals surface area contributed by atoms with Crippen LogP contribution in [0.3, 0.4) is 0 Å². The van der Waals surface area contributed by atoms with E-state index in [0.717, 1.165) is 0 Å². The van der Waals surface area contributed by atoms with E-state index in [-0.39, 0.29) is 4.57 Å². The van der Waals surface area contributed by atoms with E-state index in [1.54, 1.807) is 0 Å². The van der Waals surface area contributed by atoms with Gasteiger partial charge in [-0.2, -0.15) is 8.62 Å². The molecule has 186 valence electrons. The topological polar surface area (TPSA) is 276 Å². The van der Waals surface area contributed by atoms with Crippen LogP contribution in [0.4, 0.5) is 8.78 Å². The number of phosphoric ester groups is 1. The van der Waals surface area contributed by atoms with Crippen molar-refractivity contribution in [2.45, 2.75) is 24.2 Å². The van der Waals surface area contributed by atoms with Crippen molar-refractivity contribution in [3.8, 4) is 0 Å². The minimum atomic E-state index is -5.92. The minimum Gasteiger partial charge on any atom is -0.387 e. The maximum Gasteiger partial charge on any atom is 0.490 e. The molecular weight excluding hydrogens is 549 g/mol. The average Bonchev–Trinajstić information content (AvgIpc) is 2.86. The first kappa shape index (κ1) is 27.8. The molecule has 1 fully saturated rings. The van der Waals surface area contributed by atoms with Crippen molar-refractivity contribution in [1.29, 1.82) is 0 Å². The van der Waals surface area contributed by atoms with Crippen molar-refractivity contribution >= 4 is 35.7 Å². The highest BCUT2D eigenvalue weighted by Gasteiger charge is 2.57. The van der Waals surface area contributed by atoms with Gasteiger partial charge in [0.1, 0.15) is 10.7 Å². The van der Waals surface area contributed by atoms with Gasteiger partial charge >= 0.3 is 29.2 Å². The Labute approximate surface area is 184 Å². The molecule has 0 aliphatic carbocycles. The van der Waals surface area contributed by atoms with Crippen LogP contribution in [0, 0.1) is 10.5 Å².